The molecule has 0 saturated heterocycles. The van der Waals surface area contributed by atoms with Gasteiger partial charge in [-0.2, -0.15) is 0 Å². The average Bonchev–Trinajstić information content (AvgIpc) is 2.83. The Bertz CT molecular complexity index is 850. The van der Waals surface area contributed by atoms with Crippen molar-refractivity contribution in [2.24, 2.45) is 0 Å². The molecule has 3 rings (SSSR count). The molecule has 0 spiro atoms. The first-order valence-corrected chi connectivity index (χ1v) is 8.04. The van der Waals surface area contributed by atoms with Crippen molar-refractivity contribution in [1.82, 2.24) is 10.3 Å². The van der Waals surface area contributed by atoms with Gasteiger partial charge in [-0.1, -0.05) is 23.7 Å². The van der Waals surface area contributed by atoms with Crippen molar-refractivity contribution in [3.8, 4) is 0 Å². The molecule has 0 aliphatic heterocycles. The maximum absolute atomic E-state index is 12.3. The van der Waals surface area contributed by atoms with E-state index in [-0.39, 0.29) is 5.91 Å². The molecule has 3 aromatic rings. The SMILES string of the molecule is Cc1[nH]c2ccc(C(=O)NCCc3ccc(Cl)cc3)cc2c1C. The highest BCUT2D eigenvalue weighted by Gasteiger charge is 2.09. The Hall–Kier alpha value is -2.26. The molecule has 1 heterocycles. The van der Waals surface area contributed by atoms with E-state index in [1.165, 1.54) is 5.56 Å². The van der Waals surface area contributed by atoms with Crippen LogP contribution < -0.4 is 5.32 Å². The predicted octanol–water partition coefficient (Wildman–Crippen LogP) is 4.41. The van der Waals surface area contributed by atoms with Gasteiger partial charge in [-0.05, 0) is 61.7 Å². The molecule has 2 N–H and O–H groups in total. The van der Waals surface area contributed by atoms with E-state index in [1.54, 1.807) is 0 Å². The van der Waals surface area contributed by atoms with E-state index in [0.29, 0.717) is 12.1 Å². The maximum Gasteiger partial charge on any atom is 0.251 e. The lowest BCUT2D eigenvalue weighted by Crippen LogP contribution is -2.25. The van der Waals surface area contributed by atoms with Crippen molar-refractivity contribution < 1.29 is 4.79 Å². The molecule has 0 aliphatic carbocycles. The zero-order valence-corrected chi connectivity index (χ0v) is 14.0. The molecule has 0 aliphatic rings. The summed E-state index contributed by atoms with van der Waals surface area (Å²) < 4.78 is 0. The summed E-state index contributed by atoms with van der Waals surface area (Å²) in [4.78, 5) is 15.6. The van der Waals surface area contributed by atoms with Gasteiger partial charge < -0.3 is 10.3 Å². The fourth-order valence-electron chi connectivity index (χ4n) is 2.68. The molecule has 2 aromatic carbocycles. The van der Waals surface area contributed by atoms with Gasteiger partial charge in [0.25, 0.3) is 5.91 Å². The number of aryl methyl sites for hydroxylation is 2. The Morgan fingerprint density at radius 3 is 2.61 bits per heavy atom. The number of carbonyl (C=O) groups is 1. The second-order valence-electron chi connectivity index (χ2n) is 5.77. The number of amides is 1. The molecular weight excluding hydrogens is 308 g/mol. The number of benzene rings is 2. The Morgan fingerprint density at radius 1 is 1.13 bits per heavy atom. The van der Waals surface area contributed by atoms with Crippen LogP contribution in [0, 0.1) is 13.8 Å². The lowest BCUT2D eigenvalue weighted by molar-refractivity contribution is 0.0954. The van der Waals surface area contributed by atoms with Crippen LogP contribution in [0.25, 0.3) is 10.9 Å². The second kappa shape index (κ2) is 6.47. The Morgan fingerprint density at radius 2 is 1.87 bits per heavy atom. The summed E-state index contributed by atoms with van der Waals surface area (Å²) in [6.07, 6.45) is 0.785. The van der Waals surface area contributed by atoms with Gasteiger partial charge in [0.15, 0.2) is 0 Å². The normalized spacial score (nSPS) is 10.9. The largest absolute Gasteiger partial charge is 0.358 e. The van der Waals surface area contributed by atoms with Gasteiger partial charge in [-0.15, -0.1) is 0 Å². The lowest BCUT2D eigenvalue weighted by atomic mass is 10.1. The number of halogens is 1. The minimum Gasteiger partial charge on any atom is -0.358 e. The number of nitrogens with one attached hydrogen (secondary N) is 2. The fraction of sp³-hybridized carbons (Fsp3) is 0.211. The summed E-state index contributed by atoms with van der Waals surface area (Å²) in [6, 6.07) is 13.5. The molecule has 1 amide bonds. The Balaban J connectivity index is 1.66. The Labute approximate surface area is 140 Å². The molecule has 1 aromatic heterocycles. The summed E-state index contributed by atoms with van der Waals surface area (Å²) in [7, 11) is 0. The van der Waals surface area contributed by atoms with Gasteiger partial charge in [0.05, 0.1) is 0 Å². The summed E-state index contributed by atoms with van der Waals surface area (Å²) >= 11 is 5.87. The number of aromatic amines is 1. The topological polar surface area (TPSA) is 44.9 Å². The van der Waals surface area contributed by atoms with E-state index in [9.17, 15) is 4.79 Å². The second-order valence-corrected chi connectivity index (χ2v) is 6.20. The van der Waals surface area contributed by atoms with E-state index < -0.39 is 0 Å². The molecule has 3 nitrogen and oxygen atoms in total. The molecule has 23 heavy (non-hydrogen) atoms. The first-order valence-electron chi connectivity index (χ1n) is 7.66. The van der Waals surface area contributed by atoms with Gasteiger partial charge in [-0.25, -0.2) is 0 Å². The van der Waals surface area contributed by atoms with Crippen LogP contribution >= 0.6 is 11.6 Å². The van der Waals surface area contributed by atoms with Crippen molar-refractivity contribution in [3.63, 3.8) is 0 Å². The quantitative estimate of drug-likeness (QED) is 0.733. The van der Waals surface area contributed by atoms with E-state index in [4.69, 9.17) is 11.6 Å². The van der Waals surface area contributed by atoms with Gasteiger partial charge in [0.2, 0.25) is 0 Å². The zero-order valence-electron chi connectivity index (χ0n) is 13.2. The van der Waals surface area contributed by atoms with Crippen LogP contribution in [0.15, 0.2) is 42.5 Å². The van der Waals surface area contributed by atoms with Gasteiger partial charge in [-0.3, -0.25) is 4.79 Å². The van der Waals surface area contributed by atoms with E-state index in [2.05, 4.69) is 17.2 Å². The molecule has 0 radical (unpaired) electrons. The summed E-state index contributed by atoms with van der Waals surface area (Å²) in [5.74, 6) is -0.0425. The van der Waals surface area contributed by atoms with Crippen LogP contribution in [0.5, 0.6) is 0 Å². The van der Waals surface area contributed by atoms with Crippen LogP contribution in [0.4, 0.5) is 0 Å². The number of aromatic nitrogens is 1. The van der Waals surface area contributed by atoms with Crippen LogP contribution in [-0.2, 0) is 6.42 Å². The number of rotatable bonds is 4. The van der Waals surface area contributed by atoms with Crippen molar-refractivity contribution in [3.05, 3.63) is 69.9 Å². The molecule has 118 valence electrons. The zero-order chi connectivity index (χ0) is 16.4. The highest BCUT2D eigenvalue weighted by atomic mass is 35.5. The number of hydrogen-bond donors (Lipinski definition) is 2. The van der Waals surface area contributed by atoms with Crippen molar-refractivity contribution >= 4 is 28.4 Å². The molecule has 4 heteroatoms. The van der Waals surface area contributed by atoms with Crippen molar-refractivity contribution in [2.45, 2.75) is 20.3 Å². The summed E-state index contributed by atoms with van der Waals surface area (Å²) in [5.41, 5.74) is 5.24. The average molecular weight is 327 g/mol. The number of fused-ring (bicyclic) bond motifs is 1. The Kier molecular flexibility index (Phi) is 4.39. The minimum absolute atomic E-state index is 0.0425. The molecule has 0 fully saturated rings. The van der Waals surface area contributed by atoms with Crippen LogP contribution in [0.1, 0.15) is 27.2 Å². The number of carbonyl (C=O) groups excluding carboxylic acids is 1. The van der Waals surface area contributed by atoms with Crippen LogP contribution in [-0.4, -0.2) is 17.4 Å². The van der Waals surface area contributed by atoms with E-state index in [1.807, 2.05) is 49.4 Å². The standard InChI is InChI=1S/C19H19ClN2O/c1-12-13(2)22-18-8-5-15(11-17(12)18)19(23)21-10-9-14-3-6-16(20)7-4-14/h3-8,11,22H,9-10H2,1-2H3,(H,21,23). The predicted molar refractivity (Wildman–Crippen MR) is 95.3 cm³/mol. The number of hydrogen-bond acceptors (Lipinski definition) is 1. The minimum atomic E-state index is -0.0425. The van der Waals surface area contributed by atoms with E-state index >= 15 is 0 Å². The lowest BCUT2D eigenvalue weighted by Gasteiger charge is -2.06. The smallest absolute Gasteiger partial charge is 0.251 e. The van der Waals surface area contributed by atoms with Crippen LogP contribution in [0.2, 0.25) is 5.02 Å². The fourth-order valence-corrected chi connectivity index (χ4v) is 2.80. The summed E-state index contributed by atoms with van der Waals surface area (Å²) in [6.45, 7) is 4.71. The third kappa shape index (κ3) is 3.40. The third-order valence-corrected chi connectivity index (χ3v) is 4.43. The molecular formula is C19H19ClN2O. The summed E-state index contributed by atoms with van der Waals surface area (Å²) in [5, 5.41) is 4.80. The first kappa shape index (κ1) is 15.6. The van der Waals surface area contributed by atoms with E-state index in [0.717, 1.165) is 33.6 Å². The molecule has 0 unspecified atom stereocenters. The molecule has 0 saturated carbocycles. The maximum atomic E-state index is 12.3. The molecule has 0 bridgehead atoms. The third-order valence-electron chi connectivity index (χ3n) is 4.18. The molecule has 0 atom stereocenters. The first-order chi connectivity index (χ1) is 11.0. The van der Waals surface area contributed by atoms with Crippen molar-refractivity contribution in [1.29, 1.82) is 0 Å². The monoisotopic (exact) mass is 326 g/mol. The highest BCUT2D eigenvalue weighted by Crippen LogP contribution is 2.22. The number of H-pyrrole nitrogens is 1. The highest BCUT2D eigenvalue weighted by molar-refractivity contribution is 6.30. The van der Waals surface area contributed by atoms with Gasteiger partial charge in [0.1, 0.15) is 0 Å². The van der Waals surface area contributed by atoms with Crippen LogP contribution in [0.3, 0.4) is 0 Å². The van der Waals surface area contributed by atoms with Crippen molar-refractivity contribution in [2.75, 3.05) is 6.54 Å². The van der Waals surface area contributed by atoms with Gasteiger partial charge in [0, 0.05) is 33.7 Å². The van der Waals surface area contributed by atoms with Gasteiger partial charge >= 0.3 is 0 Å².